The van der Waals surface area contributed by atoms with E-state index < -0.39 is 0 Å². The zero-order valence-electron chi connectivity index (χ0n) is 29.3. The molecule has 6 aromatic heterocycles. The average molecular weight is 717 g/mol. The predicted molar refractivity (Wildman–Crippen MR) is 210 cm³/mol. The molecule has 2 aromatic carbocycles. The molecular weight excluding hydrogens is 693 g/mol. The number of rotatable bonds is 7. The molecule has 0 amide bonds. The fourth-order valence-electron chi connectivity index (χ4n) is 6.19. The van der Waals surface area contributed by atoms with Crippen molar-refractivity contribution in [3.63, 3.8) is 0 Å². The van der Waals surface area contributed by atoms with Gasteiger partial charge in [0.1, 0.15) is 47.1 Å². The third kappa shape index (κ3) is 7.18. The molecular formula is C46H24N10. The van der Waals surface area contributed by atoms with Crippen LogP contribution >= 0.6 is 0 Å². The van der Waals surface area contributed by atoms with Crippen molar-refractivity contribution in [2.75, 3.05) is 0 Å². The number of nitrogens with zero attached hydrogens (tertiary/aromatic N) is 10. The Morgan fingerprint density at radius 3 is 0.714 bits per heavy atom. The van der Waals surface area contributed by atoms with Gasteiger partial charge in [-0.05, 0) is 106 Å². The van der Waals surface area contributed by atoms with E-state index in [2.05, 4.69) is 68.5 Å². The second-order valence-electron chi connectivity index (χ2n) is 12.5. The van der Waals surface area contributed by atoms with E-state index in [0.717, 1.165) is 33.4 Å². The summed E-state index contributed by atoms with van der Waals surface area (Å²) in [7, 11) is 0. The van der Waals surface area contributed by atoms with Crippen LogP contribution in [0.25, 0.3) is 78.9 Å². The fraction of sp³-hybridized carbons (Fsp3) is 0. The lowest BCUT2D eigenvalue weighted by Crippen LogP contribution is -1.96. The quantitative estimate of drug-likeness (QED) is 0.155. The zero-order valence-corrected chi connectivity index (χ0v) is 29.3. The minimum Gasteiger partial charge on any atom is -0.244 e. The molecule has 10 nitrogen and oxygen atoms in total. The SMILES string of the molecule is N#Cc1cccc(-c2cc(-c3ccc(-c4ccc(-c5cc(-c6cccc(C#N)n6)nc(-c6cccc(C#N)n6)c5)cc4)cc3)cc(-c3cccc(C#N)n3)n2)n1. The number of aromatic nitrogens is 6. The molecule has 0 fully saturated rings. The topological polar surface area (TPSA) is 172 Å². The van der Waals surface area contributed by atoms with Crippen LogP contribution < -0.4 is 0 Å². The highest BCUT2D eigenvalue weighted by Gasteiger charge is 2.14. The van der Waals surface area contributed by atoms with Gasteiger partial charge in [0.05, 0.1) is 45.6 Å². The number of pyridine rings is 6. The van der Waals surface area contributed by atoms with Crippen molar-refractivity contribution in [2.24, 2.45) is 0 Å². The molecule has 0 saturated heterocycles. The van der Waals surface area contributed by atoms with Crippen molar-refractivity contribution in [1.82, 2.24) is 29.9 Å². The Labute approximate surface area is 321 Å². The van der Waals surface area contributed by atoms with Crippen LogP contribution in [0.1, 0.15) is 22.8 Å². The lowest BCUT2D eigenvalue weighted by molar-refractivity contribution is 1.19. The van der Waals surface area contributed by atoms with Crippen LogP contribution in [0.15, 0.2) is 146 Å². The summed E-state index contributed by atoms with van der Waals surface area (Å²) in [5.41, 5.74) is 11.2. The van der Waals surface area contributed by atoms with Crippen molar-refractivity contribution >= 4 is 0 Å². The largest absolute Gasteiger partial charge is 0.244 e. The number of nitriles is 4. The van der Waals surface area contributed by atoms with Crippen LogP contribution in [0.4, 0.5) is 0 Å². The van der Waals surface area contributed by atoms with Crippen LogP contribution in [0.3, 0.4) is 0 Å². The maximum Gasteiger partial charge on any atom is 0.141 e. The summed E-state index contributed by atoms with van der Waals surface area (Å²) in [6.45, 7) is 0. The summed E-state index contributed by atoms with van der Waals surface area (Å²) in [5.74, 6) is 0. The molecule has 0 aliphatic rings. The Morgan fingerprint density at radius 1 is 0.250 bits per heavy atom. The van der Waals surface area contributed by atoms with Crippen LogP contribution in [0.5, 0.6) is 0 Å². The summed E-state index contributed by atoms with van der Waals surface area (Å²) in [6.07, 6.45) is 0. The molecule has 8 rings (SSSR count). The van der Waals surface area contributed by atoms with Crippen molar-refractivity contribution in [3.05, 3.63) is 168 Å². The Morgan fingerprint density at radius 2 is 0.482 bits per heavy atom. The highest BCUT2D eigenvalue weighted by molar-refractivity contribution is 5.79. The first-order chi connectivity index (χ1) is 27.5. The first kappa shape index (κ1) is 34.4. The molecule has 0 saturated carbocycles. The summed E-state index contributed by atoms with van der Waals surface area (Å²) < 4.78 is 0. The van der Waals surface area contributed by atoms with Crippen LogP contribution in [-0.2, 0) is 0 Å². The normalized spacial score (nSPS) is 10.4. The van der Waals surface area contributed by atoms with Crippen molar-refractivity contribution in [2.45, 2.75) is 0 Å². The fourth-order valence-corrected chi connectivity index (χ4v) is 6.19. The summed E-state index contributed by atoms with van der Waals surface area (Å²) in [5, 5.41) is 37.9. The Hall–Kier alpha value is -8.70. The van der Waals surface area contributed by atoms with E-state index in [1.54, 1.807) is 48.5 Å². The second-order valence-corrected chi connectivity index (χ2v) is 12.5. The Kier molecular flexibility index (Phi) is 9.28. The standard InChI is InChI=1S/C46H24N10/c47-25-35-5-1-9-39(51-35)43-21-33(22-44(55-43)40-10-2-6-36(26-48)52-40)31-17-13-29(14-18-31)30-15-19-32(20-16-30)34-23-45(41-11-3-7-37(27-49)53-41)56-46(24-34)42-12-4-8-38(28-50)54-42/h1-24H. The zero-order chi connectivity index (χ0) is 38.4. The van der Waals surface area contributed by atoms with E-state index in [9.17, 15) is 21.0 Å². The van der Waals surface area contributed by atoms with E-state index in [-0.39, 0.29) is 22.8 Å². The molecule has 56 heavy (non-hydrogen) atoms. The molecule has 0 radical (unpaired) electrons. The number of benzene rings is 2. The van der Waals surface area contributed by atoms with Gasteiger partial charge in [-0.1, -0.05) is 72.8 Å². The molecule has 0 spiro atoms. The van der Waals surface area contributed by atoms with E-state index in [0.29, 0.717) is 45.6 Å². The molecule has 258 valence electrons. The van der Waals surface area contributed by atoms with Crippen molar-refractivity contribution in [3.8, 4) is 103 Å². The molecule has 0 aliphatic heterocycles. The smallest absolute Gasteiger partial charge is 0.141 e. The molecule has 6 heterocycles. The van der Waals surface area contributed by atoms with E-state index in [4.69, 9.17) is 9.97 Å². The summed E-state index contributed by atoms with van der Waals surface area (Å²) >= 11 is 0. The van der Waals surface area contributed by atoms with Crippen LogP contribution in [0.2, 0.25) is 0 Å². The van der Waals surface area contributed by atoms with Crippen LogP contribution in [0, 0.1) is 45.3 Å². The molecule has 0 atom stereocenters. The number of hydrogen-bond donors (Lipinski definition) is 0. The van der Waals surface area contributed by atoms with Gasteiger partial charge >= 0.3 is 0 Å². The predicted octanol–water partition coefficient (Wildman–Crippen LogP) is 9.21. The maximum atomic E-state index is 9.47. The maximum absolute atomic E-state index is 9.47. The molecule has 0 aliphatic carbocycles. The first-order valence-electron chi connectivity index (χ1n) is 17.3. The monoisotopic (exact) mass is 716 g/mol. The van der Waals surface area contributed by atoms with Gasteiger partial charge in [-0.15, -0.1) is 0 Å². The van der Waals surface area contributed by atoms with Gasteiger partial charge in [-0.25, -0.2) is 29.9 Å². The van der Waals surface area contributed by atoms with Gasteiger partial charge in [-0.3, -0.25) is 0 Å². The van der Waals surface area contributed by atoms with E-state index in [1.807, 2.05) is 72.8 Å². The molecule has 0 N–H and O–H groups in total. The molecule has 8 aromatic rings. The third-order valence-corrected chi connectivity index (χ3v) is 8.92. The van der Waals surface area contributed by atoms with E-state index >= 15 is 0 Å². The minimum absolute atomic E-state index is 0.283. The van der Waals surface area contributed by atoms with Crippen molar-refractivity contribution < 1.29 is 0 Å². The lowest BCUT2D eigenvalue weighted by atomic mass is 9.97. The Bertz CT molecular complexity index is 2610. The van der Waals surface area contributed by atoms with E-state index in [1.165, 1.54) is 0 Å². The third-order valence-electron chi connectivity index (χ3n) is 8.92. The highest BCUT2D eigenvalue weighted by Crippen LogP contribution is 2.33. The van der Waals surface area contributed by atoms with Gasteiger partial charge in [0.25, 0.3) is 0 Å². The highest BCUT2D eigenvalue weighted by atomic mass is 14.8. The van der Waals surface area contributed by atoms with Gasteiger partial charge in [-0.2, -0.15) is 21.0 Å². The minimum atomic E-state index is 0.283. The second kappa shape index (κ2) is 15.1. The van der Waals surface area contributed by atoms with Gasteiger partial charge in [0, 0.05) is 0 Å². The lowest BCUT2D eigenvalue weighted by Gasteiger charge is -2.11. The van der Waals surface area contributed by atoms with Gasteiger partial charge in [0.2, 0.25) is 0 Å². The summed E-state index contributed by atoms with van der Waals surface area (Å²) in [4.78, 5) is 27.5. The molecule has 0 bridgehead atoms. The number of hydrogen-bond acceptors (Lipinski definition) is 10. The molecule has 0 unspecified atom stereocenters. The Balaban J connectivity index is 1.14. The molecule has 10 heteroatoms. The average Bonchev–Trinajstić information content (AvgIpc) is 3.28. The van der Waals surface area contributed by atoms with Gasteiger partial charge < -0.3 is 0 Å². The summed E-state index contributed by atoms with van der Waals surface area (Å²) in [6, 6.07) is 53.3. The van der Waals surface area contributed by atoms with Crippen molar-refractivity contribution in [1.29, 1.82) is 21.0 Å². The first-order valence-corrected chi connectivity index (χ1v) is 17.3. The van der Waals surface area contributed by atoms with Gasteiger partial charge in [0.15, 0.2) is 0 Å². The van der Waals surface area contributed by atoms with Crippen LogP contribution in [-0.4, -0.2) is 29.9 Å².